The average molecular weight is 401 g/mol. The first-order valence-corrected chi connectivity index (χ1v) is 9.43. The largest absolute Gasteiger partial charge is 0.481 e. The molecule has 0 spiro atoms. The van der Waals surface area contributed by atoms with Crippen molar-refractivity contribution >= 4 is 23.5 Å². The van der Waals surface area contributed by atoms with Crippen molar-refractivity contribution in [3.05, 3.63) is 89.0 Å². The number of hydrogen-bond acceptors (Lipinski definition) is 5. The molecule has 0 unspecified atom stereocenters. The zero-order chi connectivity index (χ0) is 21.3. The Bertz CT molecular complexity index is 1110. The van der Waals surface area contributed by atoms with Crippen LogP contribution in [0.2, 0.25) is 0 Å². The van der Waals surface area contributed by atoms with Crippen LogP contribution in [0.1, 0.15) is 31.8 Å². The summed E-state index contributed by atoms with van der Waals surface area (Å²) in [6.07, 6.45) is 0. The first-order valence-electron chi connectivity index (χ1n) is 9.43. The zero-order valence-corrected chi connectivity index (χ0v) is 16.5. The van der Waals surface area contributed by atoms with Crippen molar-refractivity contribution in [1.82, 2.24) is 0 Å². The SMILES string of the molecule is Cc1cccc(C)c1OCC(=O)Oc1cccc(N2C(=O)c3ccccc3C2=O)c1. The predicted octanol–water partition coefficient (Wildman–Crippen LogP) is 4.09. The number of hydrogen-bond donors (Lipinski definition) is 0. The molecule has 0 atom stereocenters. The number of carbonyl (C=O) groups is 3. The highest BCUT2D eigenvalue weighted by atomic mass is 16.6. The third-order valence-corrected chi connectivity index (χ3v) is 4.84. The first kappa shape index (κ1) is 19.4. The Morgan fingerprint density at radius 2 is 1.43 bits per heavy atom. The highest BCUT2D eigenvalue weighted by Gasteiger charge is 2.36. The van der Waals surface area contributed by atoms with E-state index in [9.17, 15) is 14.4 Å². The van der Waals surface area contributed by atoms with E-state index in [1.165, 1.54) is 6.07 Å². The minimum Gasteiger partial charge on any atom is -0.481 e. The van der Waals surface area contributed by atoms with Crippen molar-refractivity contribution < 1.29 is 23.9 Å². The van der Waals surface area contributed by atoms with Crippen LogP contribution in [-0.2, 0) is 4.79 Å². The van der Waals surface area contributed by atoms with E-state index in [-0.39, 0.29) is 12.4 Å². The topological polar surface area (TPSA) is 72.9 Å². The molecule has 150 valence electrons. The second kappa shape index (κ2) is 7.83. The Kier molecular flexibility index (Phi) is 5.06. The number of imide groups is 1. The third kappa shape index (κ3) is 3.55. The van der Waals surface area contributed by atoms with Gasteiger partial charge in [0, 0.05) is 6.07 Å². The van der Waals surface area contributed by atoms with Crippen LogP contribution >= 0.6 is 0 Å². The second-order valence-corrected chi connectivity index (χ2v) is 6.97. The summed E-state index contributed by atoms with van der Waals surface area (Å²) in [6, 6.07) is 18.7. The lowest BCUT2D eigenvalue weighted by Crippen LogP contribution is -2.29. The van der Waals surface area contributed by atoms with Crippen LogP contribution in [0.15, 0.2) is 66.7 Å². The van der Waals surface area contributed by atoms with Gasteiger partial charge in [0.15, 0.2) is 6.61 Å². The molecule has 3 aromatic carbocycles. The van der Waals surface area contributed by atoms with Gasteiger partial charge in [-0.3, -0.25) is 9.59 Å². The molecule has 0 fully saturated rings. The van der Waals surface area contributed by atoms with E-state index in [0.717, 1.165) is 16.0 Å². The molecule has 6 heteroatoms. The van der Waals surface area contributed by atoms with Gasteiger partial charge in [-0.15, -0.1) is 0 Å². The van der Waals surface area contributed by atoms with Crippen LogP contribution in [0.25, 0.3) is 0 Å². The maximum absolute atomic E-state index is 12.6. The Hall–Kier alpha value is -3.93. The van der Waals surface area contributed by atoms with E-state index in [4.69, 9.17) is 9.47 Å². The van der Waals surface area contributed by atoms with Crippen LogP contribution in [0, 0.1) is 13.8 Å². The van der Waals surface area contributed by atoms with Crippen LogP contribution in [0.5, 0.6) is 11.5 Å². The molecule has 1 aliphatic rings. The summed E-state index contributed by atoms with van der Waals surface area (Å²) in [5.41, 5.74) is 2.90. The van der Waals surface area contributed by atoms with Gasteiger partial charge in [0.2, 0.25) is 0 Å². The smallest absolute Gasteiger partial charge is 0.349 e. The summed E-state index contributed by atoms with van der Waals surface area (Å²) in [7, 11) is 0. The molecule has 0 aromatic heterocycles. The summed E-state index contributed by atoms with van der Waals surface area (Å²) in [5, 5.41) is 0. The molecule has 4 rings (SSSR count). The summed E-state index contributed by atoms with van der Waals surface area (Å²) < 4.78 is 11.0. The van der Waals surface area contributed by atoms with Crippen molar-refractivity contribution in [3.8, 4) is 11.5 Å². The number of amides is 2. The zero-order valence-electron chi connectivity index (χ0n) is 16.5. The van der Waals surface area contributed by atoms with Crippen LogP contribution in [0.3, 0.4) is 0 Å². The Morgan fingerprint density at radius 1 is 0.833 bits per heavy atom. The number of carbonyl (C=O) groups excluding carboxylic acids is 3. The van der Waals surface area contributed by atoms with Gasteiger partial charge < -0.3 is 9.47 Å². The highest BCUT2D eigenvalue weighted by molar-refractivity contribution is 6.34. The Labute approximate surface area is 173 Å². The van der Waals surface area contributed by atoms with E-state index < -0.39 is 17.8 Å². The molecule has 0 saturated carbocycles. The van der Waals surface area contributed by atoms with Crippen molar-refractivity contribution in [1.29, 1.82) is 0 Å². The summed E-state index contributed by atoms with van der Waals surface area (Å²) in [4.78, 5) is 38.6. The lowest BCUT2D eigenvalue weighted by molar-refractivity contribution is -0.136. The lowest BCUT2D eigenvalue weighted by Gasteiger charge is -2.15. The summed E-state index contributed by atoms with van der Waals surface area (Å²) in [6.45, 7) is 3.54. The second-order valence-electron chi connectivity index (χ2n) is 6.97. The highest BCUT2D eigenvalue weighted by Crippen LogP contribution is 2.30. The number of para-hydroxylation sites is 1. The standard InChI is InChI=1S/C24H19NO5/c1-15-7-5-8-16(2)22(15)29-14-21(26)30-18-10-6-9-17(13-18)25-23(27)19-11-3-4-12-20(19)24(25)28/h3-13H,14H2,1-2H3. The van der Waals surface area contributed by atoms with Gasteiger partial charge in [-0.2, -0.15) is 0 Å². The predicted molar refractivity (Wildman–Crippen MR) is 111 cm³/mol. The molecular formula is C24H19NO5. The minimum atomic E-state index is -0.586. The fourth-order valence-corrected chi connectivity index (χ4v) is 3.43. The first-order chi connectivity index (χ1) is 14.5. The van der Waals surface area contributed by atoms with Gasteiger partial charge in [-0.05, 0) is 49.2 Å². The van der Waals surface area contributed by atoms with E-state index >= 15 is 0 Å². The Balaban J connectivity index is 1.47. The van der Waals surface area contributed by atoms with Crippen LogP contribution in [-0.4, -0.2) is 24.4 Å². The molecule has 0 radical (unpaired) electrons. The van der Waals surface area contributed by atoms with Gasteiger partial charge in [0.25, 0.3) is 11.8 Å². The molecule has 1 aliphatic heterocycles. The maximum atomic E-state index is 12.6. The van der Waals surface area contributed by atoms with Gasteiger partial charge in [0.1, 0.15) is 11.5 Å². The fraction of sp³-hybridized carbons (Fsp3) is 0.125. The van der Waals surface area contributed by atoms with Crippen molar-refractivity contribution in [3.63, 3.8) is 0 Å². The average Bonchev–Trinajstić information content (AvgIpc) is 2.98. The number of anilines is 1. The summed E-state index contributed by atoms with van der Waals surface area (Å²) >= 11 is 0. The van der Waals surface area contributed by atoms with Crippen molar-refractivity contribution in [2.45, 2.75) is 13.8 Å². The van der Waals surface area contributed by atoms with Crippen LogP contribution in [0.4, 0.5) is 5.69 Å². The molecule has 0 N–H and O–H groups in total. The van der Waals surface area contributed by atoms with Gasteiger partial charge >= 0.3 is 5.97 Å². The summed E-state index contributed by atoms with van der Waals surface area (Å²) in [5.74, 6) is -0.527. The third-order valence-electron chi connectivity index (χ3n) is 4.84. The number of benzene rings is 3. The maximum Gasteiger partial charge on any atom is 0.349 e. The van der Waals surface area contributed by atoms with Gasteiger partial charge in [-0.25, -0.2) is 9.69 Å². The molecule has 3 aromatic rings. The Morgan fingerprint density at radius 3 is 2.07 bits per heavy atom. The van der Waals surface area contributed by atoms with Gasteiger partial charge in [-0.1, -0.05) is 36.4 Å². The fourth-order valence-electron chi connectivity index (χ4n) is 3.43. The molecule has 2 amide bonds. The number of nitrogens with zero attached hydrogens (tertiary/aromatic N) is 1. The molecular weight excluding hydrogens is 382 g/mol. The number of rotatable bonds is 5. The normalized spacial score (nSPS) is 12.7. The number of aryl methyl sites for hydroxylation is 2. The van der Waals surface area contributed by atoms with E-state index in [2.05, 4.69) is 0 Å². The quantitative estimate of drug-likeness (QED) is 0.366. The minimum absolute atomic E-state index is 0.221. The van der Waals surface area contributed by atoms with E-state index in [1.807, 2.05) is 32.0 Å². The van der Waals surface area contributed by atoms with Gasteiger partial charge in [0.05, 0.1) is 16.8 Å². The molecule has 6 nitrogen and oxygen atoms in total. The number of ether oxygens (including phenoxy) is 2. The van der Waals surface area contributed by atoms with E-state index in [0.29, 0.717) is 22.6 Å². The monoisotopic (exact) mass is 401 g/mol. The van der Waals surface area contributed by atoms with Crippen molar-refractivity contribution in [2.24, 2.45) is 0 Å². The lowest BCUT2D eigenvalue weighted by atomic mass is 10.1. The van der Waals surface area contributed by atoms with Crippen molar-refractivity contribution in [2.75, 3.05) is 11.5 Å². The molecule has 0 saturated heterocycles. The molecule has 30 heavy (non-hydrogen) atoms. The van der Waals surface area contributed by atoms with Crippen LogP contribution < -0.4 is 14.4 Å². The molecule has 1 heterocycles. The van der Waals surface area contributed by atoms with E-state index in [1.54, 1.807) is 42.5 Å². The number of fused-ring (bicyclic) bond motifs is 1. The number of esters is 1. The molecule has 0 bridgehead atoms. The molecule has 0 aliphatic carbocycles.